The van der Waals surface area contributed by atoms with Crippen molar-refractivity contribution in [2.75, 3.05) is 0 Å². The maximum atomic E-state index is 8.94. The molecule has 0 spiro atoms. The van der Waals surface area contributed by atoms with E-state index in [1.54, 1.807) is 0 Å². The van der Waals surface area contributed by atoms with E-state index in [-0.39, 0.29) is 0 Å². The number of hydrogen-bond donors (Lipinski definition) is 3. The molecule has 0 aliphatic heterocycles. The van der Waals surface area contributed by atoms with Crippen molar-refractivity contribution in [3.05, 3.63) is 23.4 Å². The van der Waals surface area contributed by atoms with Crippen LogP contribution in [0.3, 0.4) is 0 Å². The third-order valence-corrected chi connectivity index (χ3v) is 1.55. The van der Waals surface area contributed by atoms with Crippen molar-refractivity contribution >= 4 is 0 Å². The number of nitrogens with two attached hydrogens (primary N) is 2. The standard InChI is InChI=1S/C7H12N2O/c8-6-4-2-1-3-5(6)7(9)10/h3-4,7,10H,1-2,8-9H2. The van der Waals surface area contributed by atoms with Crippen LogP contribution in [0.4, 0.5) is 0 Å². The Morgan fingerprint density at radius 3 is 2.40 bits per heavy atom. The summed E-state index contributed by atoms with van der Waals surface area (Å²) in [5.74, 6) is 0. The third-order valence-electron chi connectivity index (χ3n) is 1.55. The Morgan fingerprint density at radius 2 is 2.00 bits per heavy atom. The van der Waals surface area contributed by atoms with Gasteiger partial charge < -0.3 is 16.6 Å². The fourth-order valence-corrected chi connectivity index (χ4v) is 1.00. The van der Waals surface area contributed by atoms with Crippen molar-refractivity contribution in [2.24, 2.45) is 11.5 Å². The van der Waals surface area contributed by atoms with Crippen LogP contribution in [-0.4, -0.2) is 11.3 Å². The van der Waals surface area contributed by atoms with E-state index in [9.17, 15) is 0 Å². The Balaban J connectivity index is 2.74. The Kier molecular flexibility index (Phi) is 2.09. The van der Waals surface area contributed by atoms with Gasteiger partial charge in [0.1, 0.15) is 6.23 Å². The largest absolute Gasteiger partial charge is 0.399 e. The normalized spacial score (nSPS) is 21.4. The van der Waals surface area contributed by atoms with Crippen molar-refractivity contribution in [1.29, 1.82) is 0 Å². The molecule has 0 heterocycles. The van der Waals surface area contributed by atoms with Crippen molar-refractivity contribution in [3.63, 3.8) is 0 Å². The first-order valence-electron chi connectivity index (χ1n) is 3.31. The van der Waals surface area contributed by atoms with Crippen LogP contribution < -0.4 is 11.5 Å². The summed E-state index contributed by atoms with van der Waals surface area (Å²) in [5.41, 5.74) is 12.0. The fraction of sp³-hybridized carbons (Fsp3) is 0.429. The second-order valence-electron chi connectivity index (χ2n) is 2.34. The molecule has 0 bridgehead atoms. The monoisotopic (exact) mass is 140 g/mol. The molecule has 0 saturated heterocycles. The molecule has 10 heavy (non-hydrogen) atoms. The lowest BCUT2D eigenvalue weighted by molar-refractivity contribution is 0.220. The molecule has 0 aromatic rings. The molecule has 0 saturated carbocycles. The van der Waals surface area contributed by atoms with Crippen LogP contribution in [0.2, 0.25) is 0 Å². The van der Waals surface area contributed by atoms with E-state index < -0.39 is 6.23 Å². The van der Waals surface area contributed by atoms with E-state index >= 15 is 0 Å². The van der Waals surface area contributed by atoms with E-state index in [0.717, 1.165) is 12.8 Å². The first-order chi connectivity index (χ1) is 4.72. The minimum Gasteiger partial charge on any atom is -0.399 e. The number of rotatable bonds is 1. The molecule has 0 aromatic heterocycles. The predicted molar refractivity (Wildman–Crippen MR) is 39.8 cm³/mol. The molecule has 1 atom stereocenters. The van der Waals surface area contributed by atoms with Gasteiger partial charge in [-0.1, -0.05) is 12.2 Å². The lowest BCUT2D eigenvalue weighted by Crippen LogP contribution is -2.26. The third kappa shape index (κ3) is 1.37. The predicted octanol–water partition coefficient (Wildman–Crippen LogP) is -0.174. The summed E-state index contributed by atoms with van der Waals surface area (Å²) in [4.78, 5) is 0. The zero-order valence-electron chi connectivity index (χ0n) is 5.75. The highest BCUT2D eigenvalue weighted by atomic mass is 16.3. The number of hydrogen-bond acceptors (Lipinski definition) is 3. The van der Waals surface area contributed by atoms with Crippen LogP contribution in [-0.2, 0) is 0 Å². The Bertz CT molecular complexity index is 182. The van der Waals surface area contributed by atoms with Gasteiger partial charge in [-0.2, -0.15) is 0 Å². The maximum Gasteiger partial charge on any atom is 0.130 e. The summed E-state index contributed by atoms with van der Waals surface area (Å²) in [7, 11) is 0. The van der Waals surface area contributed by atoms with Crippen molar-refractivity contribution in [2.45, 2.75) is 19.1 Å². The lowest BCUT2D eigenvalue weighted by atomic mass is 10.0. The average molecular weight is 140 g/mol. The van der Waals surface area contributed by atoms with Gasteiger partial charge in [0.05, 0.1) is 0 Å². The quantitative estimate of drug-likeness (QED) is 0.443. The van der Waals surface area contributed by atoms with Crippen LogP contribution in [0, 0.1) is 0 Å². The van der Waals surface area contributed by atoms with Crippen LogP contribution in [0.5, 0.6) is 0 Å². The molecule has 3 nitrogen and oxygen atoms in total. The summed E-state index contributed by atoms with van der Waals surface area (Å²) in [6, 6.07) is 0. The Morgan fingerprint density at radius 1 is 1.40 bits per heavy atom. The molecule has 1 rings (SSSR count). The highest BCUT2D eigenvalue weighted by molar-refractivity contribution is 5.33. The molecule has 0 amide bonds. The molecule has 1 unspecified atom stereocenters. The lowest BCUT2D eigenvalue weighted by Gasteiger charge is -2.14. The summed E-state index contributed by atoms with van der Waals surface area (Å²) in [6.07, 6.45) is 4.70. The second-order valence-corrected chi connectivity index (χ2v) is 2.34. The van der Waals surface area contributed by atoms with Gasteiger partial charge in [0.15, 0.2) is 0 Å². The van der Waals surface area contributed by atoms with Gasteiger partial charge in [-0.3, -0.25) is 0 Å². The molecular formula is C7H12N2O. The minimum atomic E-state index is -0.920. The topological polar surface area (TPSA) is 72.3 Å². The van der Waals surface area contributed by atoms with Crippen LogP contribution >= 0.6 is 0 Å². The minimum absolute atomic E-state index is 0.612. The van der Waals surface area contributed by atoms with E-state index in [1.807, 2.05) is 12.2 Å². The summed E-state index contributed by atoms with van der Waals surface area (Å²) >= 11 is 0. The van der Waals surface area contributed by atoms with Crippen LogP contribution in [0.15, 0.2) is 23.4 Å². The van der Waals surface area contributed by atoms with Crippen molar-refractivity contribution in [3.8, 4) is 0 Å². The summed E-state index contributed by atoms with van der Waals surface area (Å²) < 4.78 is 0. The highest BCUT2D eigenvalue weighted by Gasteiger charge is 2.09. The molecule has 56 valence electrons. The number of aliphatic hydroxyl groups excluding tert-OH is 1. The maximum absolute atomic E-state index is 8.94. The zero-order valence-corrected chi connectivity index (χ0v) is 5.75. The van der Waals surface area contributed by atoms with E-state index in [2.05, 4.69) is 0 Å². The molecule has 0 fully saturated rings. The zero-order chi connectivity index (χ0) is 7.56. The molecule has 5 N–H and O–H groups in total. The molecule has 3 heteroatoms. The summed E-state index contributed by atoms with van der Waals surface area (Å²) in [6.45, 7) is 0. The van der Waals surface area contributed by atoms with Crippen molar-refractivity contribution < 1.29 is 5.11 Å². The van der Waals surface area contributed by atoms with Gasteiger partial charge in [-0.15, -0.1) is 0 Å². The fourth-order valence-electron chi connectivity index (χ4n) is 1.00. The second kappa shape index (κ2) is 2.86. The van der Waals surface area contributed by atoms with Crippen LogP contribution in [0.25, 0.3) is 0 Å². The smallest absolute Gasteiger partial charge is 0.130 e. The average Bonchev–Trinajstić information content (AvgIpc) is 1.88. The summed E-state index contributed by atoms with van der Waals surface area (Å²) in [5, 5.41) is 8.94. The Hall–Kier alpha value is -0.800. The number of aliphatic hydroxyl groups is 1. The van der Waals surface area contributed by atoms with Crippen LogP contribution in [0.1, 0.15) is 12.8 Å². The first-order valence-corrected chi connectivity index (χ1v) is 3.31. The molecule has 1 aliphatic rings. The molecule has 0 radical (unpaired) electrons. The van der Waals surface area contributed by atoms with E-state index in [4.69, 9.17) is 16.6 Å². The number of allylic oxidation sites excluding steroid dienone is 2. The Labute approximate surface area is 60.0 Å². The molecule has 1 aliphatic carbocycles. The van der Waals surface area contributed by atoms with Crippen molar-refractivity contribution in [1.82, 2.24) is 0 Å². The van der Waals surface area contributed by atoms with E-state index in [0.29, 0.717) is 11.3 Å². The molecule has 0 aromatic carbocycles. The van der Waals surface area contributed by atoms with Gasteiger partial charge in [0.2, 0.25) is 0 Å². The van der Waals surface area contributed by atoms with Gasteiger partial charge in [0, 0.05) is 11.3 Å². The van der Waals surface area contributed by atoms with Gasteiger partial charge in [-0.25, -0.2) is 0 Å². The van der Waals surface area contributed by atoms with Gasteiger partial charge >= 0.3 is 0 Å². The van der Waals surface area contributed by atoms with E-state index in [1.165, 1.54) is 0 Å². The first kappa shape index (κ1) is 7.31. The van der Waals surface area contributed by atoms with Gasteiger partial charge in [0.25, 0.3) is 0 Å². The SMILES string of the molecule is NC1=CCCC=C1C(N)O. The highest BCUT2D eigenvalue weighted by Crippen LogP contribution is 2.15. The molecular weight excluding hydrogens is 128 g/mol. The van der Waals surface area contributed by atoms with Gasteiger partial charge in [-0.05, 0) is 12.8 Å².